The third-order valence-corrected chi connectivity index (χ3v) is 3.43. The van der Waals surface area contributed by atoms with E-state index in [1.165, 1.54) is 6.07 Å². The number of benzene rings is 1. The van der Waals surface area contributed by atoms with Gasteiger partial charge in [0.1, 0.15) is 10.7 Å². The lowest BCUT2D eigenvalue weighted by atomic mass is 10.3. The number of rotatable bonds is 2. The molecule has 3 N–H and O–H groups in total. The van der Waals surface area contributed by atoms with Crippen molar-refractivity contribution in [1.82, 2.24) is 0 Å². The van der Waals surface area contributed by atoms with Crippen molar-refractivity contribution in [2.45, 2.75) is 11.3 Å². The van der Waals surface area contributed by atoms with Crippen LogP contribution in [0.3, 0.4) is 0 Å². The van der Waals surface area contributed by atoms with Crippen LogP contribution in [-0.4, -0.2) is 20.8 Å². The van der Waals surface area contributed by atoms with E-state index in [-0.39, 0.29) is 4.90 Å². The molecule has 15 heavy (non-hydrogen) atoms. The first-order valence-corrected chi connectivity index (χ1v) is 5.97. The molecule has 0 unspecified atom stereocenters. The molecule has 0 aliphatic carbocycles. The summed E-state index contributed by atoms with van der Waals surface area (Å²) in [6.45, 7) is 0.365. The summed E-state index contributed by atoms with van der Waals surface area (Å²) in [4.78, 5) is 0.214. The lowest BCUT2D eigenvalue weighted by molar-refractivity contribution is 0.597. The highest BCUT2D eigenvalue weighted by atomic mass is 32.2. The summed E-state index contributed by atoms with van der Waals surface area (Å²) >= 11 is 0. The Bertz CT molecular complexity index is 508. The fourth-order valence-electron chi connectivity index (χ4n) is 1.41. The van der Waals surface area contributed by atoms with Gasteiger partial charge >= 0.3 is 0 Å². The molecular weight excluding hydrogens is 214 g/mol. The van der Waals surface area contributed by atoms with Crippen LogP contribution in [-0.2, 0) is 10.0 Å². The molecule has 0 aromatic heterocycles. The number of hydrogen-bond acceptors (Lipinski definition) is 4. The van der Waals surface area contributed by atoms with Crippen LogP contribution in [0, 0.1) is 0 Å². The Kier molecular flexibility index (Phi) is 2.45. The number of sulfonamides is 1. The van der Waals surface area contributed by atoms with Crippen molar-refractivity contribution in [3.63, 3.8) is 0 Å². The molecule has 1 aliphatic heterocycles. The highest BCUT2D eigenvalue weighted by Crippen LogP contribution is 2.26. The topological polar surface area (TPSA) is 84.5 Å². The van der Waals surface area contributed by atoms with Gasteiger partial charge in [-0.15, -0.1) is 4.40 Å². The number of fused-ring (bicyclic) bond motifs is 1. The van der Waals surface area contributed by atoms with E-state index in [9.17, 15) is 8.42 Å². The third-order valence-electron chi connectivity index (χ3n) is 2.06. The van der Waals surface area contributed by atoms with Crippen molar-refractivity contribution in [2.75, 3.05) is 11.9 Å². The van der Waals surface area contributed by atoms with Crippen molar-refractivity contribution in [1.29, 1.82) is 0 Å². The molecular formula is C9H11N3O2S. The molecule has 0 saturated heterocycles. The second-order valence-electron chi connectivity index (χ2n) is 3.17. The lowest BCUT2D eigenvalue weighted by Crippen LogP contribution is -2.23. The van der Waals surface area contributed by atoms with Crippen LogP contribution in [0.25, 0.3) is 0 Å². The largest absolute Gasteiger partial charge is 0.342 e. The van der Waals surface area contributed by atoms with Gasteiger partial charge in [-0.05, 0) is 18.7 Å². The normalized spacial score (nSPS) is 17.5. The number of nitrogens with zero attached hydrogens (tertiary/aromatic N) is 1. The zero-order valence-corrected chi connectivity index (χ0v) is 8.79. The summed E-state index contributed by atoms with van der Waals surface area (Å²) in [5.41, 5.74) is 5.92. The molecule has 1 aromatic carbocycles. The van der Waals surface area contributed by atoms with Crippen molar-refractivity contribution >= 4 is 21.5 Å². The molecule has 2 rings (SSSR count). The number of nitrogens with one attached hydrogen (secondary N) is 1. The summed E-state index contributed by atoms with van der Waals surface area (Å²) in [5, 5.41) is 2.94. The van der Waals surface area contributed by atoms with E-state index in [1.54, 1.807) is 18.2 Å². The van der Waals surface area contributed by atoms with E-state index in [0.717, 1.165) is 0 Å². The highest BCUT2D eigenvalue weighted by Gasteiger charge is 2.23. The second kappa shape index (κ2) is 3.63. The fourth-order valence-corrected chi connectivity index (χ4v) is 2.59. The number of anilines is 1. The maximum atomic E-state index is 11.7. The molecule has 0 amide bonds. The Morgan fingerprint density at radius 2 is 2.07 bits per heavy atom. The van der Waals surface area contributed by atoms with Gasteiger partial charge in [0.2, 0.25) is 0 Å². The minimum atomic E-state index is -3.54. The van der Waals surface area contributed by atoms with Crippen molar-refractivity contribution < 1.29 is 8.42 Å². The van der Waals surface area contributed by atoms with Gasteiger partial charge in [-0.1, -0.05) is 12.1 Å². The second-order valence-corrected chi connectivity index (χ2v) is 4.75. The smallest absolute Gasteiger partial charge is 0.286 e. The summed E-state index contributed by atoms with van der Waals surface area (Å²) in [6, 6.07) is 6.67. The van der Waals surface area contributed by atoms with Gasteiger partial charge in [-0.2, -0.15) is 8.42 Å². The first-order valence-electron chi connectivity index (χ1n) is 4.53. The minimum absolute atomic E-state index is 0.214. The first kappa shape index (κ1) is 10.1. The average Bonchev–Trinajstić information content (AvgIpc) is 2.17. The Balaban J connectivity index is 2.50. The maximum absolute atomic E-state index is 11.7. The fraction of sp³-hybridized carbons (Fsp3) is 0.222. The predicted molar refractivity (Wildman–Crippen MR) is 58.4 cm³/mol. The summed E-state index contributed by atoms with van der Waals surface area (Å²) in [5.74, 6) is 0.399. The van der Waals surface area contributed by atoms with Crippen LogP contribution in [0.4, 0.5) is 5.69 Å². The van der Waals surface area contributed by atoms with E-state index in [0.29, 0.717) is 24.5 Å². The van der Waals surface area contributed by atoms with Gasteiger partial charge in [0, 0.05) is 6.42 Å². The van der Waals surface area contributed by atoms with E-state index >= 15 is 0 Å². The van der Waals surface area contributed by atoms with Gasteiger partial charge in [-0.25, -0.2) is 0 Å². The Morgan fingerprint density at radius 3 is 2.80 bits per heavy atom. The van der Waals surface area contributed by atoms with E-state index in [1.807, 2.05) is 0 Å². The molecule has 0 fully saturated rings. The molecule has 0 atom stereocenters. The van der Waals surface area contributed by atoms with E-state index in [2.05, 4.69) is 9.71 Å². The molecule has 80 valence electrons. The Labute approximate surface area is 88.1 Å². The van der Waals surface area contributed by atoms with Gasteiger partial charge in [0.05, 0.1) is 5.69 Å². The van der Waals surface area contributed by atoms with Gasteiger partial charge in [0.25, 0.3) is 10.0 Å². The summed E-state index contributed by atoms with van der Waals surface area (Å²) in [6.07, 6.45) is 0.424. The highest BCUT2D eigenvalue weighted by molar-refractivity contribution is 7.90. The average molecular weight is 225 g/mol. The van der Waals surface area contributed by atoms with Gasteiger partial charge in [-0.3, -0.25) is 0 Å². The molecule has 0 spiro atoms. The number of amidine groups is 1. The minimum Gasteiger partial charge on any atom is -0.342 e. The zero-order valence-electron chi connectivity index (χ0n) is 7.97. The quantitative estimate of drug-likeness (QED) is 0.769. The predicted octanol–water partition coefficient (Wildman–Crippen LogP) is 0.548. The molecule has 1 aromatic rings. The van der Waals surface area contributed by atoms with Gasteiger partial charge < -0.3 is 11.1 Å². The first-order chi connectivity index (χ1) is 7.13. The maximum Gasteiger partial charge on any atom is 0.286 e. The Hall–Kier alpha value is -1.40. The number of para-hydroxylation sites is 1. The van der Waals surface area contributed by atoms with Crippen LogP contribution < -0.4 is 11.1 Å². The number of hydrogen-bond donors (Lipinski definition) is 2. The van der Waals surface area contributed by atoms with Crippen molar-refractivity contribution in [3.8, 4) is 0 Å². The van der Waals surface area contributed by atoms with Crippen molar-refractivity contribution in [3.05, 3.63) is 24.3 Å². The molecule has 0 saturated carbocycles. The van der Waals surface area contributed by atoms with Crippen LogP contribution in [0.5, 0.6) is 0 Å². The van der Waals surface area contributed by atoms with Gasteiger partial charge in [0.15, 0.2) is 0 Å². The van der Waals surface area contributed by atoms with Crippen LogP contribution >= 0.6 is 0 Å². The molecule has 0 radical (unpaired) electrons. The monoisotopic (exact) mass is 225 g/mol. The molecule has 1 heterocycles. The summed E-state index contributed by atoms with van der Waals surface area (Å²) < 4.78 is 27.0. The lowest BCUT2D eigenvalue weighted by Gasteiger charge is -2.17. The SMILES string of the molecule is NCCC1=NS(=O)(=O)c2ccccc2N1. The molecule has 5 nitrogen and oxygen atoms in total. The number of nitrogens with two attached hydrogens (primary N) is 1. The molecule has 6 heteroatoms. The molecule has 1 aliphatic rings. The van der Waals surface area contributed by atoms with E-state index in [4.69, 9.17) is 5.73 Å². The standard InChI is InChI=1S/C9H11N3O2S/c10-6-5-9-11-7-3-1-2-4-8(7)15(13,14)12-9/h1-4H,5-6,10H2,(H,11,12). The zero-order chi connectivity index (χ0) is 10.9. The van der Waals surface area contributed by atoms with Crippen molar-refractivity contribution in [2.24, 2.45) is 10.1 Å². The Morgan fingerprint density at radius 1 is 1.33 bits per heavy atom. The van der Waals surface area contributed by atoms with Crippen LogP contribution in [0.1, 0.15) is 6.42 Å². The third kappa shape index (κ3) is 1.86. The summed E-state index contributed by atoms with van der Waals surface area (Å²) in [7, 11) is -3.54. The van der Waals surface area contributed by atoms with E-state index < -0.39 is 10.0 Å². The molecule has 0 bridgehead atoms. The van der Waals surface area contributed by atoms with Crippen LogP contribution in [0.2, 0.25) is 0 Å². The van der Waals surface area contributed by atoms with Crippen LogP contribution in [0.15, 0.2) is 33.6 Å².